The van der Waals surface area contributed by atoms with E-state index in [-0.39, 0.29) is 18.2 Å². The molecular weight excluding hydrogens is 344 g/mol. The Kier molecular flexibility index (Phi) is 6.18. The van der Waals surface area contributed by atoms with Crippen molar-refractivity contribution >= 4 is 27.6 Å². The molecule has 8 heteroatoms. The third kappa shape index (κ3) is 4.79. The number of aliphatic carboxylic acids is 1. The predicted octanol–water partition coefficient (Wildman–Crippen LogP) is 1.87. The van der Waals surface area contributed by atoms with Gasteiger partial charge >= 0.3 is 5.97 Å². The number of anilines is 1. The van der Waals surface area contributed by atoms with E-state index in [0.29, 0.717) is 30.6 Å². The number of carboxylic acids is 1. The van der Waals surface area contributed by atoms with Gasteiger partial charge in [-0.3, -0.25) is 9.59 Å². The summed E-state index contributed by atoms with van der Waals surface area (Å²) in [6.45, 7) is 3.81. The summed E-state index contributed by atoms with van der Waals surface area (Å²) in [6, 6.07) is 6.73. The Morgan fingerprint density at radius 3 is 2.76 bits per heavy atom. The summed E-state index contributed by atoms with van der Waals surface area (Å²) in [7, 11) is -3.30. The highest BCUT2D eigenvalue weighted by Gasteiger charge is 2.31. The number of carboxylic acid groups (broad SMARTS) is 1. The van der Waals surface area contributed by atoms with Crippen molar-refractivity contribution in [2.24, 2.45) is 5.92 Å². The van der Waals surface area contributed by atoms with E-state index in [2.05, 4.69) is 5.32 Å². The van der Waals surface area contributed by atoms with E-state index < -0.39 is 27.8 Å². The van der Waals surface area contributed by atoms with Crippen molar-refractivity contribution in [1.29, 1.82) is 0 Å². The molecule has 1 heterocycles. The number of carbonyl (C=O) groups is 2. The molecule has 2 rings (SSSR count). The molecule has 0 aromatic heterocycles. The molecule has 0 radical (unpaired) electrons. The minimum absolute atomic E-state index is 0.0243. The molecule has 0 bridgehead atoms. The fraction of sp³-hybridized carbons (Fsp3) is 0.529. The molecule has 1 aromatic rings. The normalized spacial score (nSPS) is 20.0. The Morgan fingerprint density at radius 1 is 1.40 bits per heavy atom. The number of amides is 1. The Morgan fingerprint density at radius 2 is 2.12 bits per heavy atom. The maximum absolute atomic E-state index is 12.5. The van der Waals surface area contributed by atoms with Gasteiger partial charge in [-0.05, 0) is 44.4 Å². The van der Waals surface area contributed by atoms with Crippen molar-refractivity contribution in [2.45, 2.75) is 32.6 Å². The summed E-state index contributed by atoms with van der Waals surface area (Å²) in [4.78, 5) is 23.6. The lowest BCUT2D eigenvalue weighted by Crippen LogP contribution is -2.44. The Bertz CT molecular complexity index is 747. The van der Waals surface area contributed by atoms with Crippen LogP contribution in [-0.4, -0.2) is 48.5 Å². The van der Waals surface area contributed by atoms with Crippen LogP contribution >= 0.6 is 0 Å². The van der Waals surface area contributed by atoms with Crippen molar-refractivity contribution in [1.82, 2.24) is 4.31 Å². The fourth-order valence-electron chi connectivity index (χ4n) is 2.86. The molecule has 1 aromatic carbocycles. The zero-order valence-electron chi connectivity index (χ0n) is 14.4. The van der Waals surface area contributed by atoms with E-state index in [1.165, 1.54) is 4.31 Å². The third-order valence-corrected chi connectivity index (χ3v) is 6.39. The molecule has 2 unspecified atom stereocenters. The molecule has 2 N–H and O–H groups in total. The monoisotopic (exact) mass is 368 g/mol. The summed E-state index contributed by atoms with van der Waals surface area (Å²) in [6.07, 6.45) is 1.28. The number of sulfonamides is 1. The van der Waals surface area contributed by atoms with E-state index in [0.717, 1.165) is 0 Å². The van der Waals surface area contributed by atoms with Crippen LogP contribution in [0.1, 0.15) is 38.2 Å². The number of rotatable bonds is 6. The van der Waals surface area contributed by atoms with E-state index in [9.17, 15) is 18.0 Å². The van der Waals surface area contributed by atoms with Gasteiger partial charge in [0.25, 0.3) is 0 Å². The number of hydrogen-bond donors (Lipinski definition) is 2. The SMILES string of the molecule is CCS(=O)(=O)N1CCCC(C(=O)Nc2cccc(C(C)C(=O)O)c2)C1. The number of nitrogens with zero attached hydrogens (tertiary/aromatic N) is 1. The first-order valence-corrected chi connectivity index (χ1v) is 9.97. The zero-order valence-corrected chi connectivity index (χ0v) is 15.3. The standard InChI is InChI=1S/C17H24N2O5S/c1-3-25(23,24)19-9-5-7-14(11-19)16(20)18-15-8-4-6-13(10-15)12(2)17(21)22/h4,6,8,10,12,14H,3,5,7,9,11H2,1-2H3,(H,18,20)(H,21,22). The second-order valence-electron chi connectivity index (χ2n) is 6.27. The average molecular weight is 368 g/mol. The molecule has 25 heavy (non-hydrogen) atoms. The largest absolute Gasteiger partial charge is 0.481 e. The highest BCUT2D eigenvalue weighted by atomic mass is 32.2. The van der Waals surface area contributed by atoms with Crippen LogP contribution in [0.2, 0.25) is 0 Å². The van der Waals surface area contributed by atoms with Crippen molar-refractivity contribution in [3.8, 4) is 0 Å². The number of piperidine rings is 1. The second kappa shape index (κ2) is 7.97. The third-order valence-electron chi connectivity index (χ3n) is 4.54. The van der Waals surface area contributed by atoms with Gasteiger partial charge in [0.05, 0.1) is 17.6 Å². The summed E-state index contributed by atoms with van der Waals surface area (Å²) < 4.78 is 25.4. The fourth-order valence-corrected chi connectivity index (χ4v) is 4.04. The minimum Gasteiger partial charge on any atom is -0.481 e. The Labute approximate surface area is 148 Å². The van der Waals surface area contributed by atoms with Gasteiger partial charge in [0.1, 0.15) is 0 Å². The summed E-state index contributed by atoms with van der Waals surface area (Å²) in [5.41, 5.74) is 1.12. The lowest BCUT2D eigenvalue weighted by atomic mass is 9.98. The molecule has 2 atom stereocenters. The first-order valence-electron chi connectivity index (χ1n) is 8.36. The van der Waals surface area contributed by atoms with Crippen molar-refractivity contribution in [2.75, 3.05) is 24.2 Å². The van der Waals surface area contributed by atoms with Crippen LogP contribution in [0.25, 0.3) is 0 Å². The molecule has 0 aliphatic carbocycles. The lowest BCUT2D eigenvalue weighted by Gasteiger charge is -2.30. The van der Waals surface area contributed by atoms with Crippen LogP contribution in [-0.2, 0) is 19.6 Å². The number of carbonyl (C=O) groups excluding carboxylic acids is 1. The molecule has 1 aliphatic heterocycles. The van der Waals surface area contributed by atoms with Crippen molar-refractivity contribution in [3.05, 3.63) is 29.8 Å². The van der Waals surface area contributed by atoms with Crippen LogP contribution in [0, 0.1) is 5.92 Å². The van der Waals surface area contributed by atoms with Crippen LogP contribution in [0.15, 0.2) is 24.3 Å². The first kappa shape index (κ1) is 19.4. The number of benzene rings is 1. The highest BCUT2D eigenvalue weighted by Crippen LogP contribution is 2.23. The van der Waals surface area contributed by atoms with Crippen LogP contribution in [0.5, 0.6) is 0 Å². The summed E-state index contributed by atoms with van der Waals surface area (Å²) >= 11 is 0. The van der Waals surface area contributed by atoms with Gasteiger partial charge in [-0.25, -0.2) is 12.7 Å². The van der Waals surface area contributed by atoms with Crippen LogP contribution < -0.4 is 5.32 Å². The smallest absolute Gasteiger partial charge is 0.310 e. The van der Waals surface area contributed by atoms with Crippen LogP contribution in [0.3, 0.4) is 0 Å². The maximum atomic E-state index is 12.5. The lowest BCUT2D eigenvalue weighted by molar-refractivity contribution is -0.138. The highest BCUT2D eigenvalue weighted by molar-refractivity contribution is 7.89. The molecule has 1 amide bonds. The molecule has 1 aliphatic rings. The van der Waals surface area contributed by atoms with Gasteiger partial charge in [0, 0.05) is 18.8 Å². The van der Waals surface area contributed by atoms with Crippen molar-refractivity contribution in [3.63, 3.8) is 0 Å². The topological polar surface area (TPSA) is 104 Å². The maximum Gasteiger partial charge on any atom is 0.310 e. The molecule has 7 nitrogen and oxygen atoms in total. The molecule has 138 valence electrons. The van der Waals surface area contributed by atoms with E-state index >= 15 is 0 Å². The van der Waals surface area contributed by atoms with E-state index in [1.807, 2.05) is 0 Å². The van der Waals surface area contributed by atoms with Gasteiger partial charge < -0.3 is 10.4 Å². The van der Waals surface area contributed by atoms with Crippen LogP contribution in [0.4, 0.5) is 5.69 Å². The molecule has 0 saturated carbocycles. The quantitative estimate of drug-likeness (QED) is 0.798. The van der Waals surface area contributed by atoms with E-state index in [1.54, 1.807) is 38.1 Å². The van der Waals surface area contributed by atoms with Gasteiger partial charge in [0.2, 0.25) is 15.9 Å². The van der Waals surface area contributed by atoms with Crippen molar-refractivity contribution < 1.29 is 23.1 Å². The molecule has 1 saturated heterocycles. The van der Waals surface area contributed by atoms with Gasteiger partial charge in [-0.2, -0.15) is 0 Å². The van der Waals surface area contributed by atoms with Gasteiger partial charge in [-0.15, -0.1) is 0 Å². The van der Waals surface area contributed by atoms with Gasteiger partial charge in [0.15, 0.2) is 0 Å². The first-order chi connectivity index (χ1) is 11.7. The number of nitrogens with one attached hydrogen (secondary N) is 1. The summed E-state index contributed by atoms with van der Waals surface area (Å²) in [5.74, 6) is -2.23. The minimum atomic E-state index is -3.30. The Balaban J connectivity index is 2.07. The Hall–Kier alpha value is -1.93. The number of hydrogen-bond acceptors (Lipinski definition) is 4. The average Bonchev–Trinajstić information content (AvgIpc) is 2.61. The molecule has 0 spiro atoms. The van der Waals surface area contributed by atoms with E-state index in [4.69, 9.17) is 5.11 Å². The second-order valence-corrected chi connectivity index (χ2v) is 8.53. The molecular formula is C17H24N2O5S. The molecule has 1 fully saturated rings. The van der Waals surface area contributed by atoms with Gasteiger partial charge in [-0.1, -0.05) is 12.1 Å². The summed E-state index contributed by atoms with van der Waals surface area (Å²) in [5, 5.41) is 11.9. The predicted molar refractivity (Wildman–Crippen MR) is 94.9 cm³/mol. The zero-order chi connectivity index (χ0) is 18.6.